The summed E-state index contributed by atoms with van der Waals surface area (Å²) in [5, 5.41) is 69.4. The Morgan fingerprint density at radius 2 is 0.875 bits per heavy atom. The van der Waals surface area contributed by atoms with Crippen molar-refractivity contribution in [2.75, 3.05) is 0 Å². The first-order chi connectivity index (χ1) is 15.2. The number of nitriles is 6. The highest BCUT2D eigenvalue weighted by atomic mass is 14.9. The Labute approximate surface area is 182 Å². The van der Waals surface area contributed by atoms with E-state index in [-0.39, 0.29) is 34.2 Å². The van der Waals surface area contributed by atoms with Gasteiger partial charge in [0.25, 0.3) is 0 Å². The standard InChI is InChI=1S/C20H10N12/c1-11(5-21)29-15-3-17(31-19(9-25)13(27)7-23)18(4-16(15)30-12(2)6-22)32-20(10-26)14(28)8-24/h3-4,27-28H,1-2H3/b27-13?,28-14?,29-11+,30-12+,31-19-,32-20-. The average molecular weight is 418 g/mol. The average Bonchev–Trinajstić information content (AvgIpc) is 2.81. The van der Waals surface area contributed by atoms with E-state index in [1.54, 1.807) is 12.1 Å². The molecule has 0 heterocycles. The van der Waals surface area contributed by atoms with Crippen LogP contribution in [0.2, 0.25) is 0 Å². The lowest BCUT2D eigenvalue weighted by molar-refractivity contribution is 1.37. The van der Waals surface area contributed by atoms with Gasteiger partial charge < -0.3 is 0 Å². The molecule has 0 aromatic heterocycles. The van der Waals surface area contributed by atoms with Crippen LogP contribution in [-0.2, 0) is 0 Å². The zero-order valence-electron chi connectivity index (χ0n) is 16.6. The van der Waals surface area contributed by atoms with E-state index in [4.69, 9.17) is 31.9 Å². The monoisotopic (exact) mass is 418 g/mol. The molecule has 0 bridgehead atoms. The summed E-state index contributed by atoms with van der Waals surface area (Å²) in [7, 11) is 0. The van der Waals surface area contributed by atoms with Crippen molar-refractivity contribution in [1.29, 1.82) is 42.4 Å². The lowest BCUT2D eigenvalue weighted by atomic mass is 10.1. The van der Waals surface area contributed by atoms with Gasteiger partial charge in [0, 0.05) is 0 Å². The molecule has 0 aliphatic heterocycles. The maximum atomic E-state index is 9.23. The van der Waals surface area contributed by atoms with Crippen molar-refractivity contribution in [2.24, 2.45) is 20.0 Å². The van der Waals surface area contributed by atoms with E-state index in [0.29, 0.717) is 0 Å². The van der Waals surface area contributed by atoms with Crippen LogP contribution in [0.3, 0.4) is 0 Å². The minimum Gasteiger partial charge on any atom is -0.288 e. The second-order valence-corrected chi connectivity index (χ2v) is 5.57. The number of benzene rings is 1. The predicted octanol–water partition coefficient (Wildman–Crippen LogP) is 3.20. The van der Waals surface area contributed by atoms with Crippen LogP contribution >= 0.6 is 0 Å². The smallest absolute Gasteiger partial charge is 0.176 e. The van der Waals surface area contributed by atoms with E-state index >= 15 is 0 Å². The molecular weight excluding hydrogens is 408 g/mol. The second-order valence-electron chi connectivity index (χ2n) is 5.57. The fourth-order valence-electron chi connectivity index (χ4n) is 1.94. The van der Waals surface area contributed by atoms with E-state index in [0.717, 1.165) is 0 Å². The van der Waals surface area contributed by atoms with Crippen LogP contribution < -0.4 is 0 Å². The molecule has 12 nitrogen and oxygen atoms in total. The molecule has 0 atom stereocenters. The third-order valence-corrected chi connectivity index (χ3v) is 3.35. The Kier molecular flexibility index (Phi) is 8.51. The Bertz CT molecular complexity index is 1270. The van der Waals surface area contributed by atoms with E-state index in [9.17, 15) is 10.5 Å². The first kappa shape index (κ1) is 24.2. The van der Waals surface area contributed by atoms with Gasteiger partial charge in [-0.1, -0.05) is 0 Å². The molecule has 0 amide bonds. The molecule has 12 heteroatoms. The second kappa shape index (κ2) is 11.2. The van der Waals surface area contributed by atoms with Crippen molar-refractivity contribution in [3.63, 3.8) is 0 Å². The fourth-order valence-corrected chi connectivity index (χ4v) is 1.94. The van der Waals surface area contributed by atoms with Gasteiger partial charge in [-0.2, -0.15) is 31.6 Å². The van der Waals surface area contributed by atoms with Crippen LogP contribution in [0.5, 0.6) is 0 Å². The third-order valence-electron chi connectivity index (χ3n) is 3.35. The van der Waals surface area contributed by atoms with Crippen molar-refractivity contribution >= 4 is 57.0 Å². The van der Waals surface area contributed by atoms with Gasteiger partial charge in [-0.25, -0.2) is 20.0 Å². The van der Waals surface area contributed by atoms with Crippen LogP contribution in [0.25, 0.3) is 0 Å². The van der Waals surface area contributed by atoms with Crippen molar-refractivity contribution in [2.45, 2.75) is 13.8 Å². The number of nitrogens with zero attached hydrogens (tertiary/aromatic N) is 10. The summed E-state index contributed by atoms with van der Waals surface area (Å²) in [6, 6.07) is 12.2. The van der Waals surface area contributed by atoms with Gasteiger partial charge in [-0.15, -0.1) is 0 Å². The minimum absolute atomic E-state index is 0.0245. The normalized spacial score (nSPS) is 11.6. The van der Waals surface area contributed by atoms with Crippen LogP contribution in [0.1, 0.15) is 13.8 Å². The van der Waals surface area contributed by atoms with Crippen LogP contribution in [-0.4, -0.2) is 34.3 Å². The van der Waals surface area contributed by atoms with Gasteiger partial charge in [0.1, 0.15) is 47.8 Å². The van der Waals surface area contributed by atoms with Gasteiger partial charge >= 0.3 is 0 Å². The lowest BCUT2D eigenvalue weighted by Crippen LogP contribution is -2.08. The molecule has 0 saturated heterocycles. The zero-order valence-corrected chi connectivity index (χ0v) is 16.6. The summed E-state index contributed by atoms with van der Waals surface area (Å²) in [5.74, 6) is 0. The van der Waals surface area contributed by atoms with E-state index in [1.165, 1.54) is 38.1 Å². The molecule has 32 heavy (non-hydrogen) atoms. The van der Waals surface area contributed by atoms with Crippen molar-refractivity contribution < 1.29 is 0 Å². The topological polar surface area (TPSA) is 240 Å². The largest absolute Gasteiger partial charge is 0.288 e. The van der Waals surface area contributed by atoms with E-state index in [1.807, 2.05) is 12.1 Å². The number of nitrogens with one attached hydrogen (secondary N) is 2. The highest BCUT2D eigenvalue weighted by molar-refractivity contribution is 6.53. The molecule has 0 fully saturated rings. The summed E-state index contributed by atoms with van der Waals surface area (Å²) in [5.41, 5.74) is -2.80. The van der Waals surface area contributed by atoms with Crippen LogP contribution in [0.4, 0.5) is 22.7 Å². The first-order valence-electron chi connectivity index (χ1n) is 8.29. The van der Waals surface area contributed by atoms with Crippen molar-refractivity contribution in [3.05, 3.63) is 12.1 Å². The highest BCUT2D eigenvalue weighted by Gasteiger charge is 2.15. The molecule has 0 spiro atoms. The minimum atomic E-state index is -0.742. The summed E-state index contributed by atoms with van der Waals surface area (Å²) in [6.45, 7) is 2.82. The molecule has 1 aromatic rings. The van der Waals surface area contributed by atoms with Gasteiger partial charge in [-0.3, -0.25) is 10.8 Å². The molecule has 1 aromatic carbocycles. The molecule has 1 rings (SSSR count). The van der Waals surface area contributed by atoms with Crippen LogP contribution in [0.15, 0.2) is 32.1 Å². The van der Waals surface area contributed by atoms with Gasteiger partial charge in [0.05, 0.1) is 22.7 Å². The Balaban J connectivity index is 4.16. The predicted molar refractivity (Wildman–Crippen MR) is 115 cm³/mol. The first-order valence-corrected chi connectivity index (χ1v) is 8.29. The van der Waals surface area contributed by atoms with Gasteiger partial charge in [0.2, 0.25) is 0 Å². The lowest BCUT2D eigenvalue weighted by Gasteiger charge is -2.08. The molecular formula is C20H10N12. The summed E-state index contributed by atoms with van der Waals surface area (Å²) in [6.07, 6.45) is 0. The quantitative estimate of drug-likeness (QED) is 0.656. The molecule has 0 saturated carbocycles. The number of aliphatic imine (C=N–C) groups is 4. The van der Waals surface area contributed by atoms with E-state index < -0.39 is 22.8 Å². The van der Waals surface area contributed by atoms with E-state index in [2.05, 4.69) is 20.0 Å². The molecule has 0 unspecified atom stereocenters. The highest BCUT2D eigenvalue weighted by Crippen LogP contribution is 2.40. The molecule has 2 N–H and O–H groups in total. The number of rotatable bonds is 6. The number of hydrogen-bond donors (Lipinski definition) is 2. The SMILES string of the molecule is C/C(C#N)=N\c1cc(/N=C(/C#N)C(=N)C#N)c(/N=C(/C#N)C(=N)C#N)cc1/N=C(\C)C#N. The fraction of sp³-hybridized carbons (Fsp3) is 0.100. The van der Waals surface area contributed by atoms with Gasteiger partial charge in [-0.05, 0) is 26.0 Å². The summed E-state index contributed by atoms with van der Waals surface area (Å²) in [4.78, 5) is 16.0. The Morgan fingerprint density at radius 3 is 1.12 bits per heavy atom. The van der Waals surface area contributed by atoms with Crippen molar-refractivity contribution in [1.82, 2.24) is 0 Å². The van der Waals surface area contributed by atoms with Crippen LogP contribution in [0, 0.1) is 78.8 Å². The van der Waals surface area contributed by atoms with Crippen molar-refractivity contribution in [3.8, 4) is 36.4 Å². The van der Waals surface area contributed by atoms with Gasteiger partial charge in [0.15, 0.2) is 22.8 Å². The Hall–Kier alpha value is -5.82. The summed E-state index contributed by atoms with van der Waals surface area (Å²) < 4.78 is 0. The molecule has 0 aliphatic rings. The number of hydrogen-bond acceptors (Lipinski definition) is 12. The zero-order chi connectivity index (χ0) is 24.3. The maximum Gasteiger partial charge on any atom is 0.176 e. The molecule has 0 radical (unpaired) electrons. The molecule has 150 valence electrons. The Morgan fingerprint density at radius 1 is 0.562 bits per heavy atom. The maximum absolute atomic E-state index is 9.23. The third kappa shape index (κ3) is 6.09. The molecule has 0 aliphatic carbocycles. The summed E-state index contributed by atoms with van der Waals surface area (Å²) >= 11 is 0.